The van der Waals surface area contributed by atoms with E-state index < -0.39 is 0 Å². The molecule has 7 nitrogen and oxygen atoms in total. The molecular formula is C16H16N4O3. The summed E-state index contributed by atoms with van der Waals surface area (Å²) in [7, 11) is 0. The third kappa shape index (κ3) is 3.57. The summed E-state index contributed by atoms with van der Waals surface area (Å²) in [4.78, 5) is 11.7. The second kappa shape index (κ2) is 6.78. The van der Waals surface area contributed by atoms with E-state index in [0.29, 0.717) is 31.3 Å². The lowest BCUT2D eigenvalue weighted by atomic mass is 10.2. The Bertz CT molecular complexity index is 716. The Labute approximate surface area is 133 Å². The van der Waals surface area contributed by atoms with Gasteiger partial charge in [-0.05, 0) is 24.3 Å². The van der Waals surface area contributed by atoms with Crippen LogP contribution in [0.1, 0.15) is 10.5 Å². The molecule has 2 aromatic rings. The molecule has 118 valence electrons. The largest absolute Gasteiger partial charge is 0.486 e. The van der Waals surface area contributed by atoms with Crippen LogP contribution >= 0.6 is 0 Å². The van der Waals surface area contributed by atoms with Crippen LogP contribution in [0.15, 0.2) is 43.0 Å². The van der Waals surface area contributed by atoms with Crippen LogP contribution in [-0.2, 0) is 0 Å². The minimum Gasteiger partial charge on any atom is -0.486 e. The first-order valence-electron chi connectivity index (χ1n) is 7.16. The zero-order chi connectivity index (χ0) is 16.1. The number of hydrogen-bond donors (Lipinski definition) is 2. The van der Waals surface area contributed by atoms with Crippen LogP contribution < -0.4 is 20.1 Å². The van der Waals surface area contributed by atoms with Gasteiger partial charge < -0.3 is 20.1 Å². The van der Waals surface area contributed by atoms with E-state index >= 15 is 0 Å². The monoisotopic (exact) mass is 312 g/mol. The van der Waals surface area contributed by atoms with E-state index in [-0.39, 0.29) is 11.6 Å². The Morgan fingerprint density at radius 1 is 1.17 bits per heavy atom. The van der Waals surface area contributed by atoms with Crippen molar-refractivity contribution in [2.75, 3.05) is 25.1 Å². The standard InChI is InChI=1S/C16H16N4O3/c1-2-7-17-16(21)12-4-6-15(20-19-12)18-11-3-5-13-14(10-11)23-9-8-22-13/h2-6,10H,1,7-9H2,(H,17,21)(H,18,20). The van der Waals surface area contributed by atoms with Gasteiger partial charge in [-0.2, -0.15) is 0 Å². The highest BCUT2D eigenvalue weighted by atomic mass is 16.6. The smallest absolute Gasteiger partial charge is 0.272 e. The third-order valence-electron chi connectivity index (χ3n) is 3.12. The van der Waals surface area contributed by atoms with Gasteiger partial charge in [-0.25, -0.2) is 0 Å². The number of carbonyl (C=O) groups is 1. The number of hydrogen-bond acceptors (Lipinski definition) is 6. The number of carbonyl (C=O) groups excluding carboxylic acids is 1. The molecule has 7 heteroatoms. The van der Waals surface area contributed by atoms with E-state index in [1.807, 2.05) is 18.2 Å². The molecule has 0 saturated carbocycles. The normalized spacial score (nSPS) is 12.3. The molecule has 0 saturated heterocycles. The average molecular weight is 312 g/mol. The van der Waals surface area contributed by atoms with Gasteiger partial charge in [-0.3, -0.25) is 4.79 Å². The first kappa shape index (κ1) is 14.8. The molecule has 0 bridgehead atoms. The molecule has 2 N–H and O–H groups in total. The van der Waals surface area contributed by atoms with Crippen molar-refractivity contribution in [2.24, 2.45) is 0 Å². The zero-order valence-electron chi connectivity index (χ0n) is 12.4. The summed E-state index contributed by atoms with van der Waals surface area (Å²) in [5.74, 6) is 1.65. The Morgan fingerprint density at radius 3 is 2.74 bits per heavy atom. The van der Waals surface area contributed by atoms with Crippen LogP contribution in [0.25, 0.3) is 0 Å². The Kier molecular flexibility index (Phi) is 4.37. The molecule has 0 radical (unpaired) electrons. The van der Waals surface area contributed by atoms with Crippen LogP contribution in [0.5, 0.6) is 11.5 Å². The summed E-state index contributed by atoms with van der Waals surface area (Å²) in [5.41, 5.74) is 1.05. The zero-order valence-corrected chi connectivity index (χ0v) is 12.4. The summed E-state index contributed by atoms with van der Waals surface area (Å²) in [6, 6.07) is 8.82. The second-order valence-corrected chi connectivity index (χ2v) is 4.79. The van der Waals surface area contributed by atoms with Gasteiger partial charge in [0.2, 0.25) is 0 Å². The van der Waals surface area contributed by atoms with E-state index in [1.165, 1.54) is 0 Å². The van der Waals surface area contributed by atoms with Gasteiger partial charge in [-0.15, -0.1) is 16.8 Å². The summed E-state index contributed by atoms with van der Waals surface area (Å²) >= 11 is 0. The van der Waals surface area contributed by atoms with Crippen molar-refractivity contribution >= 4 is 17.4 Å². The molecule has 1 aromatic heterocycles. The van der Waals surface area contributed by atoms with E-state index in [4.69, 9.17) is 9.47 Å². The van der Waals surface area contributed by atoms with Crippen molar-refractivity contribution in [3.05, 3.63) is 48.7 Å². The van der Waals surface area contributed by atoms with Crippen molar-refractivity contribution in [2.45, 2.75) is 0 Å². The van der Waals surface area contributed by atoms with Gasteiger partial charge >= 0.3 is 0 Å². The number of fused-ring (bicyclic) bond motifs is 1. The first-order chi connectivity index (χ1) is 11.3. The Morgan fingerprint density at radius 2 is 2.00 bits per heavy atom. The quantitative estimate of drug-likeness (QED) is 0.820. The fraction of sp³-hybridized carbons (Fsp3) is 0.188. The highest BCUT2D eigenvalue weighted by Gasteiger charge is 2.12. The molecule has 3 rings (SSSR count). The highest BCUT2D eigenvalue weighted by Crippen LogP contribution is 2.33. The topological polar surface area (TPSA) is 85.4 Å². The summed E-state index contributed by atoms with van der Waals surface area (Å²) in [5, 5.41) is 13.6. The van der Waals surface area contributed by atoms with E-state index in [1.54, 1.807) is 18.2 Å². The van der Waals surface area contributed by atoms with Crippen LogP contribution in [0, 0.1) is 0 Å². The van der Waals surface area contributed by atoms with Crippen LogP contribution in [0.2, 0.25) is 0 Å². The molecule has 1 aliphatic rings. The Balaban J connectivity index is 1.68. The van der Waals surface area contributed by atoms with Gasteiger partial charge in [0.05, 0.1) is 0 Å². The minimum absolute atomic E-state index is 0.250. The van der Waals surface area contributed by atoms with Crippen LogP contribution in [-0.4, -0.2) is 35.9 Å². The molecule has 1 aliphatic heterocycles. The summed E-state index contributed by atoms with van der Waals surface area (Å²) in [6.07, 6.45) is 1.60. The van der Waals surface area contributed by atoms with Gasteiger partial charge in [0.15, 0.2) is 23.0 Å². The SMILES string of the molecule is C=CCNC(=O)c1ccc(Nc2ccc3c(c2)OCCO3)nn1. The number of benzene rings is 1. The number of nitrogens with zero attached hydrogens (tertiary/aromatic N) is 2. The van der Waals surface area contributed by atoms with E-state index in [9.17, 15) is 4.79 Å². The number of nitrogens with one attached hydrogen (secondary N) is 2. The Hall–Kier alpha value is -3.09. The lowest BCUT2D eigenvalue weighted by Gasteiger charge is -2.19. The summed E-state index contributed by atoms with van der Waals surface area (Å²) < 4.78 is 11.0. The molecule has 0 aliphatic carbocycles. The maximum Gasteiger partial charge on any atom is 0.272 e. The third-order valence-corrected chi connectivity index (χ3v) is 3.12. The lowest BCUT2D eigenvalue weighted by Crippen LogP contribution is -2.24. The van der Waals surface area contributed by atoms with Crippen LogP contribution in [0.3, 0.4) is 0 Å². The van der Waals surface area contributed by atoms with E-state index in [0.717, 1.165) is 11.4 Å². The molecule has 0 atom stereocenters. The molecule has 1 aromatic carbocycles. The van der Waals surface area contributed by atoms with Crippen molar-refractivity contribution in [3.63, 3.8) is 0 Å². The van der Waals surface area contributed by atoms with Gasteiger partial charge in [0, 0.05) is 18.3 Å². The molecule has 23 heavy (non-hydrogen) atoms. The lowest BCUT2D eigenvalue weighted by molar-refractivity contribution is 0.0952. The molecule has 0 fully saturated rings. The molecule has 2 heterocycles. The fourth-order valence-corrected chi connectivity index (χ4v) is 2.04. The number of ether oxygens (including phenoxy) is 2. The van der Waals surface area contributed by atoms with Crippen molar-refractivity contribution in [1.82, 2.24) is 15.5 Å². The molecule has 0 spiro atoms. The second-order valence-electron chi connectivity index (χ2n) is 4.79. The van der Waals surface area contributed by atoms with Crippen molar-refractivity contribution in [3.8, 4) is 11.5 Å². The number of aromatic nitrogens is 2. The number of amides is 1. The predicted molar refractivity (Wildman–Crippen MR) is 85.3 cm³/mol. The van der Waals surface area contributed by atoms with Gasteiger partial charge in [-0.1, -0.05) is 6.08 Å². The van der Waals surface area contributed by atoms with Gasteiger partial charge in [0.25, 0.3) is 5.91 Å². The first-order valence-corrected chi connectivity index (χ1v) is 7.16. The average Bonchev–Trinajstić information content (AvgIpc) is 2.60. The van der Waals surface area contributed by atoms with Crippen molar-refractivity contribution in [1.29, 1.82) is 0 Å². The number of anilines is 2. The van der Waals surface area contributed by atoms with Crippen molar-refractivity contribution < 1.29 is 14.3 Å². The minimum atomic E-state index is -0.289. The molecular weight excluding hydrogens is 296 g/mol. The highest BCUT2D eigenvalue weighted by molar-refractivity contribution is 5.92. The number of rotatable bonds is 5. The fourth-order valence-electron chi connectivity index (χ4n) is 2.04. The predicted octanol–water partition coefficient (Wildman–Crippen LogP) is 1.91. The van der Waals surface area contributed by atoms with Crippen LogP contribution in [0.4, 0.5) is 11.5 Å². The maximum absolute atomic E-state index is 11.7. The molecule has 1 amide bonds. The van der Waals surface area contributed by atoms with Gasteiger partial charge in [0.1, 0.15) is 13.2 Å². The maximum atomic E-state index is 11.7. The summed E-state index contributed by atoms with van der Waals surface area (Å²) in [6.45, 7) is 5.01. The molecule has 0 unspecified atom stereocenters. The van der Waals surface area contributed by atoms with E-state index in [2.05, 4.69) is 27.4 Å².